The Labute approximate surface area is 128 Å². The van der Waals surface area contributed by atoms with Crippen LogP contribution in [0.25, 0.3) is 0 Å². The van der Waals surface area contributed by atoms with Gasteiger partial charge in [0.2, 0.25) is 5.91 Å². The predicted octanol–water partition coefficient (Wildman–Crippen LogP) is 3.92. The fourth-order valence-electron chi connectivity index (χ4n) is 2.36. The number of amides is 1. The molecule has 0 aromatic heterocycles. The number of carbonyl (C=O) groups excluding carboxylic acids is 1. The summed E-state index contributed by atoms with van der Waals surface area (Å²) in [7, 11) is 0. The number of nitrogens with two attached hydrogens (primary N) is 2. The maximum absolute atomic E-state index is 11.0. The highest BCUT2D eigenvalue weighted by molar-refractivity contribution is 5.94. The average molecular weight is 291 g/mol. The van der Waals surface area contributed by atoms with Crippen LogP contribution in [0.2, 0.25) is 0 Å². The molecule has 0 atom stereocenters. The van der Waals surface area contributed by atoms with E-state index < -0.39 is 5.91 Å². The van der Waals surface area contributed by atoms with Crippen LogP contribution in [0.5, 0.6) is 0 Å². The molecule has 1 amide bonds. The third-order valence-corrected chi connectivity index (χ3v) is 3.68. The molecule has 4 nitrogen and oxygen atoms in total. The molecule has 0 aliphatic carbocycles. The first kappa shape index (κ1) is 17.3. The standard InChI is InChI=1S/C17H29N3O/c1-2-3-4-5-6-7-8-9-12-20-16-11-10-14(17(19)21)13-15(16)18/h10-11,13,20H,2-9,12,18H2,1H3,(H2,19,21). The van der Waals surface area contributed by atoms with Crippen LogP contribution in [-0.2, 0) is 0 Å². The number of carbonyl (C=O) groups is 1. The van der Waals surface area contributed by atoms with Gasteiger partial charge < -0.3 is 16.8 Å². The Hall–Kier alpha value is -1.71. The zero-order valence-corrected chi connectivity index (χ0v) is 13.2. The van der Waals surface area contributed by atoms with Crippen molar-refractivity contribution in [1.82, 2.24) is 0 Å². The van der Waals surface area contributed by atoms with Gasteiger partial charge in [0.25, 0.3) is 0 Å². The van der Waals surface area contributed by atoms with Gasteiger partial charge in [0, 0.05) is 12.1 Å². The molecule has 0 unspecified atom stereocenters. The van der Waals surface area contributed by atoms with Crippen molar-refractivity contribution in [3.05, 3.63) is 23.8 Å². The van der Waals surface area contributed by atoms with Gasteiger partial charge in [-0.05, 0) is 24.6 Å². The van der Waals surface area contributed by atoms with E-state index in [9.17, 15) is 4.79 Å². The Morgan fingerprint density at radius 1 is 1.05 bits per heavy atom. The monoisotopic (exact) mass is 291 g/mol. The lowest BCUT2D eigenvalue weighted by Gasteiger charge is -2.10. The molecule has 0 heterocycles. The van der Waals surface area contributed by atoms with Gasteiger partial charge in [-0.25, -0.2) is 0 Å². The van der Waals surface area contributed by atoms with E-state index in [0.717, 1.165) is 18.7 Å². The average Bonchev–Trinajstić information content (AvgIpc) is 2.46. The quantitative estimate of drug-likeness (QED) is 0.427. The second-order valence-electron chi connectivity index (χ2n) is 5.57. The molecule has 0 aliphatic rings. The molecule has 0 saturated heterocycles. The minimum absolute atomic E-state index is 0.448. The van der Waals surface area contributed by atoms with Crippen molar-refractivity contribution >= 4 is 17.3 Å². The number of hydrogen-bond acceptors (Lipinski definition) is 3. The van der Waals surface area contributed by atoms with Crippen molar-refractivity contribution in [2.45, 2.75) is 58.3 Å². The lowest BCUT2D eigenvalue weighted by molar-refractivity contribution is 0.100. The number of anilines is 2. The molecular weight excluding hydrogens is 262 g/mol. The van der Waals surface area contributed by atoms with Crippen LogP contribution in [0.4, 0.5) is 11.4 Å². The van der Waals surface area contributed by atoms with Gasteiger partial charge in [0.1, 0.15) is 0 Å². The van der Waals surface area contributed by atoms with E-state index in [0.29, 0.717) is 11.3 Å². The summed E-state index contributed by atoms with van der Waals surface area (Å²) in [5.41, 5.74) is 13.0. The van der Waals surface area contributed by atoms with Crippen molar-refractivity contribution in [2.75, 3.05) is 17.6 Å². The van der Waals surface area contributed by atoms with Gasteiger partial charge >= 0.3 is 0 Å². The summed E-state index contributed by atoms with van der Waals surface area (Å²) >= 11 is 0. The van der Waals surface area contributed by atoms with Gasteiger partial charge in [-0.1, -0.05) is 51.9 Å². The number of nitrogen functional groups attached to an aromatic ring is 1. The Balaban J connectivity index is 2.14. The minimum Gasteiger partial charge on any atom is -0.397 e. The molecule has 5 N–H and O–H groups in total. The van der Waals surface area contributed by atoms with E-state index in [-0.39, 0.29) is 0 Å². The Morgan fingerprint density at radius 3 is 2.24 bits per heavy atom. The molecule has 4 heteroatoms. The van der Waals surface area contributed by atoms with Gasteiger partial charge in [-0.3, -0.25) is 4.79 Å². The zero-order chi connectivity index (χ0) is 15.5. The van der Waals surface area contributed by atoms with Crippen molar-refractivity contribution in [3.63, 3.8) is 0 Å². The summed E-state index contributed by atoms with van der Waals surface area (Å²) in [5.74, 6) is -0.448. The van der Waals surface area contributed by atoms with Gasteiger partial charge in [0.05, 0.1) is 11.4 Å². The second-order valence-corrected chi connectivity index (χ2v) is 5.57. The number of benzene rings is 1. The van der Waals surface area contributed by atoms with Gasteiger partial charge in [0.15, 0.2) is 0 Å². The van der Waals surface area contributed by atoms with Crippen LogP contribution in [-0.4, -0.2) is 12.5 Å². The second kappa shape index (κ2) is 10.1. The smallest absolute Gasteiger partial charge is 0.248 e. The van der Waals surface area contributed by atoms with Gasteiger partial charge in [-0.2, -0.15) is 0 Å². The van der Waals surface area contributed by atoms with Gasteiger partial charge in [-0.15, -0.1) is 0 Å². The molecule has 21 heavy (non-hydrogen) atoms. The molecule has 0 aliphatic heterocycles. The molecule has 1 aromatic carbocycles. The Bertz CT molecular complexity index is 432. The lowest BCUT2D eigenvalue weighted by Crippen LogP contribution is -2.12. The molecule has 0 fully saturated rings. The fraction of sp³-hybridized carbons (Fsp3) is 0.588. The molecule has 0 spiro atoms. The maximum Gasteiger partial charge on any atom is 0.248 e. The first-order chi connectivity index (χ1) is 10.1. The topological polar surface area (TPSA) is 81.1 Å². The first-order valence-electron chi connectivity index (χ1n) is 8.08. The summed E-state index contributed by atoms with van der Waals surface area (Å²) in [4.78, 5) is 11.0. The van der Waals surface area contributed by atoms with Crippen LogP contribution < -0.4 is 16.8 Å². The largest absolute Gasteiger partial charge is 0.397 e. The van der Waals surface area contributed by atoms with Crippen LogP contribution in [0.3, 0.4) is 0 Å². The summed E-state index contributed by atoms with van der Waals surface area (Å²) in [6, 6.07) is 5.15. The fourth-order valence-corrected chi connectivity index (χ4v) is 2.36. The highest BCUT2D eigenvalue weighted by atomic mass is 16.1. The van der Waals surface area contributed by atoms with E-state index in [1.165, 1.54) is 44.9 Å². The van der Waals surface area contributed by atoms with E-state index >= 15 is 0 Å². The highest BCUT2D eigenvalue weighted by Crippen LogP contribution is 2.19. The number of unbranched alkanes of at least 4 members (excludes halogenated alkanes) is 7. The van der Waals surface area contributed by atoms with Crippen molar-refractivity contribution in [2.24, 2.45) is 5.73 Å². The molecular formula is C17H29N3O. The zero-order valence-electron chi connectivity index (χ0n) is 13.2. The van der Waals surface area contributed by atoms with Crippen LogP contribution >= 0.6 is 0 Å². The Morgan fingerprint density at radius 2 is 1.67 bits per heavy atom. The SMILES string of the molecule is CCCCCCCCCCNc1ccc(C(N)=O)cc1N. The van der Waals surface area contributed by atoms with E-state index in [1.54, 1.807) is 12.1 Å². The summed E-state index contributed by atoms with van der Waals surface area (Å²) in [6.45, 7) is 3.16. The highest BCUT2D eigenvalue weighted by Gasteiger charge is 2.04. The summed E-state index contributed by atoms with van der Waals surface area (Å²) in [6.07, 6.45) is 10.4. The normalized spacial score (nSPS) is 10.5. The van der Waals surface area contributed by atoms with Crippen LogP contribution in [0.15, 0.2) is 18.2 Å². The Kier molecular flexibility index (Phi) is 8.32. The minimum atomic E-state index is -0.448. The predicted molar refractivity (Wildman–Crippen MR) is 90.5 cm³/mol. The molecule has 1 aromatic rings. The van der Waals surface area contributed by atoms with Crippen LogP contribution in [0, 0.1) is 0 Å². The summed E-state index contributed by atoms with van der Waals surface area (Å²) in [5, 5.41) is 3.31. The van der Waals surface area contributed by atoms with Crippen LogP contribution in [0.1, 0.15) is 68.6 Å². The lowest BCUT2D eigenvalue weighted by atomic mass is 10.1. The molecule has 0 bridgehead atoms. The van der Waals surface area contributed by atoms with Crippen molar-refractivity contribution < 1.29 is 4.79 Å². The van der Waals surface area contributed by atoms with E-state index in [4.69, 9.17) is 11.5 Å². The summed E-state index contributed by atoms with van der Waals surface area (Å²) < 4.78 is 0. The number of primary amides is 1. The molecule has 118 valence electrons. The number of rotatable bonds is 11. The van der Waals surface area contributed by atoms with Crippen molar-refractivity contribution in [3.8, 4) is 0 Å². The molecule has 1 rings (SSSR count). The number of hydrogen-bond donors (Lipinski definition) is 3. The van der Waals surface area contributed by atoms with E-state index in [1.807, 2.05) is 6.07 Å². The first-order valence-corrected chi connectivity index (χ1v) is 8.08. The van der Waals surface area contributed by atoms with E-state index in [2.05, 4.69) is 12.2 Å². The third-order valence-electron chi connectivity index (χ3n) is 3.68. The molecule has 0 saturated carbocycles. The molecule has 0 radical (unpaired) electrons. The third kappa shape index (κ3) is 7.02. The van der Waals surface area contributed by atoms with Crippen molar-refractivity contribution in [1.29, 1.82) is 0 Å². The number of nitrogens with one attached hydrogen (secondary N) is 1. The maximum atomic E-state index is 11.0.